The van der Waals surface area contributed by atoms with E-state index in [2.05, 4.69) is 43.5 Å². The van der Waals surface area contributed by atoms with Gasteiger partial charge in [-0.1, -0.05) is 398 Å². The lowest BCUT2D eigenvalue weighted by Crippen LogP contribution is -2.46. The van der Waals surface area contributed by atoms with Crippen molar-refractivity contribution in [3.8, 4) is 0 Å². The molecule has 0 bridgehead atoms. The van der Waals surface area contributed by atoms with Crippen LogP contribution in [0.25, 0.3) is 0 Å². The first kappa shape index (κ1) is 87.0. The fraction of sp³-hybridized carbons (Fsp3) is 0.937. The summed E-state index contributed by atoms with van der Waals surface area (Å²) in [6.07, 6.45) is 93.3. The average Bonchev–Trinajstić information content (AvgIpc) is 3.70. The molecule has 0 aliphatic rings. The molecule has 1 amide bonds. The lowest BCUT2D eigenvalue weighted by atomic mass is 10.0. The number of aliphatic hydroxyl groups is 1. The smallest absolute Gasteiger partial charge is 0.391 e. The predicted octanol–water partition coefficient (Wildman–Crippen LogP) is 25.8. The molecule has 0 aromatic heterocycles. The van der Waals surface area contributed by atoms with Gasteiger partial charge in [0.1, 0.15) is 13.2 Å². The van der Waals surface area contributed by atoms with Crippen LogP contribution in [0.5, 0.6) is 0 Å². The van der Waals surface area contributed by atoms with E-state index in [0.29, 0.717) is 23.9 Å². The Kier molecular flexibility index (Phi) is 69.5. The Hall–Kier alpha value is -1.02. The molecule has 3 N–H and O–H groups in total. The zero-order chi connectivity index (χ0) is 64.1. The number of likely N-dealkylation sites (N-methyl/N-ethyl adjacent to an activating group) is 1. The van der Waals surface area contributed by atoms with Crippen molar-refractivity contribution in [3.05, 3.63) is 24.3 Å². The molecule has 9 heteroatoms. The molecule has 0 heterocycles. The van der Waals surface area contributed by atoms with Gasteiger partial charge in [-0.05, 0) is 44.9 Å². The van der Waals surface area contributed by atoms with Crippen LogP contribution < -0.4 is 5.32 Å². The molecular formula is C79H158N2O6P+. The van der Waals surface area contributed by atoms with E-state index in [1.165, 1.54) is 353 Å². The number of nitrogens with one attached hydrogen (secondary N) is 1. The van der Waals surface area contributed by atoms with Crippen molar-refractivity contribution in [1.82, 2.24) is 5.32 Å². The van der Waals surface area contributed by atoms with Crippen LogP contribution in [0.4, 0.5) is 0 Å². The molecule has 0 aliphatic heterocycles. The van der Waals surface area contributed by atoms with Crippen LogP contribution in [0.3, 0.4) is 0 Å². The monoisotopic (exact) mass is 1260 g/mol. The van der Waals surface area contributed by atoms with Gasteiger partial charge in [0.15, 0.2) is 0 Å². The van der Waals surface area contributed by atoms with E-state index < -0.39 is 20.0 Å². The minimum atomic E-state index is -4.33. The summed E-state index contributed by atoms with van der Waals surface area (Å²) in [5.41, 5.74) is 0. The SMILES string of the molecule is CCCCCCC/C=C\C/C=C\CCCCCCCCCCCCCCCCCCCCCCCCCCCCCC(=O)NC(COP(=O)(O)OCC[N+](C)(C)C)C(O)CCCCCCCCCCCCCCCCCCCCCCCCCCCCC. The number of carbonyl (C=O) groups excluding carboxylic acids is 1. The first-order chi connectivity index (χ1) is 43.0. The number of phosphoric acid groups is 1. The Morgan fingerprint density at radius 2 is 0.648 bits per heavy atom. The summed E-state index contributed by atoms with van der Waals surface area (Å²) >= 11 is 0. The molecule has 88 heavy (non-hydrogen) atoms. The number of nitrogens with zero attached hydrogens (tertiary/aromatic N) is 1. The summed E-state index contributed by atoms with van der Waals surface area (Å²) in [5.74, 6) is -0.133. The third-order valence-electron chi connectivity index (χ3n) is 18.7. The third-order valence-corrected chi connectivity index (χ3v) is 19.7. The zero-order valence-electron chi connectivity index (χ0n) is 60.3. The Balaban J connectivity index is 3.88. The van der Waals surface area contributed by atoms with E-state index in [1.54, 1.807) is 0 Å². The molecule has 0 fully saturated rings. The molecule has 8 nitrogen and oxygen atoms in total. The van der Waals surface area contributed by atoms with Gasteiger partial charge in [0, 0.05) is 6.42 Å². The van der Waals surface area contributed by atoms with Gasteiger partial charge in [-0.15, -0.1) is 0 Å². The number of hydrogen-bond donors (Lipinski definition) is 3. The number of aliphatic hydroxyl groups excluding tert-OH is 1. The summed E-state index contributed by atoms with van der Waals surface area (Å²) in [6, 6.07) is -0.759. The van der Waals surface area contributed by atoms with Gasteiger partial charge >= 0.3 is 7.82 Å². The predicted molar refractivity (Wildman–Crippen MR) is 388 cm³/mol. The third kappa shape index (κ3) is 72.4. The van der Waals surface area contributed by atoms with Crippen LogP contribution in [0.2, 0.25) is 0 Å². The van der Waals surface area contributed by atoms with Gasteiger partial charge in [0.2, 0.25) is 5.91 Å². The van der Waals surface area contributed by atoms with E-state index in [4.69, 9.17) is 9.05 Å². The minimum Gasteiger partial charge on any atom is -0.391 e. The number of carbonyl (C=O) groups is 1. The van der Waals surface area contributed by atoms with E-state index in [1.807, 2.05) is 21.1 Å². The summed E-state index contributed by atoms with van der Waals surface area (Å²) in [6.45, 7) is 4.95. The second kappa shape index (κ2) is 70.3. The van der Waals surface area contributed by atoms with E-state index in [9.17, 15) is 19.4 Å². The van der Waals surface area contributed by atoms with E-state index in [-0.39, 0.29) is 19.1 Å². The number of hydrogen-bond acceptors (Lipinski definition) is 5. The second-order valence-electron chi connectivity index (χ2n) is 28.8. The Morgan fingerprint density at radius 3 is 0.932 bits per heavy atom. The van der Waals surface area contributed by atoms with Crippen LogP contribution in [0, 0.1) is 0 Å². The van der Waals surface area contributed by atoms with Crippen LogP contribution >= 0.6 is 7.82 Å². The zero-order valence-corrected chi connectivity index (χ0v) is 61.2. The molecule has 3 unspecified atom stereocenters. The standard InChI is InChI=1S/C79H157N2O6P/c1-6-8-10-12-14-16-18-20-22-24-26-28-30-32-34-35-36-37-38-39-40-41-42-43-44-45-47-49-51-53-55-57-59-61-63-65-67-69-71-73-79(83)80-77(76-87-88(84,85)86-75-74-81(3,4)5)78(82)72-70-68-66-64-62-60-58-56-54-52-50-48-46-33-31-29-27-25-23-21-19-17-15-13-11-9-7-2/h18,20,24,26,77-78,82H,6-17,19,21-23,25,27-76H2,1-5H3,(H-,80,83,84,85)/p+1/b20-18-,26-24-. The first-order valence-corrected chi connectivity index (χ1v) is 41.2. The highest BCUT2D eigenvalue weighted by Crippen LogP contribution is 2.43. The molecule has 0 aliphatic carbocycles. The lowest BCUT2D eigenvalue weighted by Gasteiger charge is -2.26. The summed E-state index contributed by atoms with van der Waals surface area (Å²) < 4.78 is 24.0. The first-order valence-electron chi connectivity index (χ1n) is 39.7. The van der Waals surface area contributed by atoms with E-state index >= 15 is 0 Å². The van der Waals surface area contributed by atoms with Gasteiger partial charge in [0.25, 0.3) is 0 Å². The fourth-order valence-electron chi connectivity index (χ4n) is 12.6. The van der Waals surface area contributed by atoms with E-state index in [0.717, 1.165) is 44.9 Å². The number of phosphoric ester groups is 1. The van der Waals surface area contributed by atoms with Crippen molar-refractivity contribution >= 4 is 13.7 Å². The number of unbranched alkanes of at least 4 members (excludes halogenated alkanes) is 58. The molecule has 0 spiro atoms. The highest BCUT2D eigenvalue weighted by molar-refractivity contribution is 7.47. The van der Waals surface area contributed by atoms with Gasteiger partial charge in [0.05, 0.1) is 39.9 Å². The van der Waals surface area contributed by atoms with Crippen molar-refractivity contribution in [2.24, 2.45) is 0 Å². The molecule has 0 radical (unpaired) electrons. The molecule has 0 saturated heterocycles. The molecular weight excluding hydrogens is 1100 g/mol. The van der Waals surface area contributed by atoms with Crippen LogP contribution in [0.1, 0.15) is 425 Å². The number of quaternary nitrogens is 1. The van der Waals surface area contributed by atoms with Gasteiger partial charge in [-0.25, -0.2) is 4.57 Å². The second-order valence-corrected chi connectivity index (χ2v) is 30.3. The Morgan fingerprint density at radius 1 is 0.386 bits per heavy atom. The highest BCUT2D eigenvalue weighted by atomic mass is 31.2. The largest absolute Gasteiger partial charge is 0.472 e. The van der Waals surface area contributed by atoms with Crippen molar-refractivity contribution in [2.75, 3.05) is 40.9 Å². The maximum absolute atomic E-state index is 13.1. The number of amides is 1. The van der Waals surface area contributed by atoms with Crippen LogP contribution in [0.15, 0.2) is 24.3 Å². The molecule has 0 saturated carbocycles. The Labute approximate surface area is 551 Å². The minimum absolute atomic E-state index is 0.0784. The molecule has 0 aromatic rings. The van der Waals surface area contributed by atoms with Gasteiger partial charge in [-0.3, -0.25) is 13.8 Å². The summed E-state index contributed by atoms with van der Waals surface area (Å²) in [4.78, 5) is 23.5. The maximum atomic E-state index is 13.1. The average molecular weight is 1260 g/mol. The maximum Gasteiger partial charge on any atom is 0.472 e. The Bertz CT molecular complexity index is 1480. The van der Waals surface area contributed by atoms with Gasteiger partial charge in [-0.2, -0.15) is 0 Å². The van der Waals surface area contributed by atoms with Crippen LogP contribution in [-0.2, 0) is 18.4 Å². The normalized spacial score (nSPS) is 13.6. The molecule has 0 aromatic carbocycles. The fourth-order valence-corrected chi connectivity index (χ4v) is 13.3. The van der Waals surface area contributed by atoms with Gasteiger partial charge < -0.3 is 19.8 Å². The molecule has 3 atom stereocenters. The van der Waals surface area contributed by atoms with Crippen LogP contribution in [-0.4, -0.2) is 73.4 Å². The highest BCUT2D eigenvalue weighted by Gasteiger charge is 2.28. The van der Waals surface area contributed by atoms with Crippen molar-refractivity contribution in [2.45, 2.75) is 437 Å². The van der Waals surface area contributed by atoms with Crippen molar-refractivity contribution < 1.29 is 32.9 Å². The number of rotatable bonds is 75. The lowest BCUT2D eigenvalue weighted by molar-refractivity contribution is -0.870. The molecule has 524 valence electrons. The van der Waals surface area contributed by atoms with Crippen molar-refractivity contribution in [1.29, 1.82) is 0 Å². The summed E-state index contributed by atoms with van der Waals surface area (Å²) in [7, 11) is 1.64. The van der Waals surface area contributed by atoms with Crippen molar-refractivity contribution in [3.63, 3.8) is 0 Å². The number of allylic oxidation sites excluding steroid dienone is 4. The summed E-state index contributed by atoms with van der Waals surface area (Å²) in [5, 5.41) is 14.2. The topological polar surface area (TPSA) is 105 Å². The molecule has 0 rings (SSSR count). The quantitative estimate of drug-likeness (QED) is 0.0243.